The van der Waals surface area contributed by atoms with E-state index in [0.29, 0.717) is 5.92 Å². The van der Waals surface area contributed by atoms with Gasteiger partial charge in [-0.15, -0.1) is 11.6 Å². The van der Waals surface area contributed by atoms with Gasteiger partial charge in [-0.25, -0.2) is 0 Å². The number of methoxy groups -OCH3 is 1. The first-order valence-corrected chi connectivity index (χ1v) is 7.43. The normalized spacial score (nSPS) is 32.1. The maximum atomic E-state index is 6.61. The molecule has 0 spiro atoms. The predicted molar refractivity (Wildman–Crippen MR) is 73.6 cm³/mol. The third kappa shape index (κ3) is 2.00. The summed E-state index contributed by atoms with van der Waals surface area (Å²) in [4.78, 5) is 0. The summed E-state index contributed by atoms with van der Waals surface area (Å²) >= 11 is 10.1. The smallest absolute Gasteiger partial charge is 0.133 e. The molecule has 2 aliphatic carbocycles. The van der Waals surface area contributed by atoms with Crippen LogP contribution >= 0.6 is 27.5 Å². The van der Waals surface area contributed by atoms with Crippen molar-refractivity contribution in [3.63, 3.8) is 0 Å². The number of alkyl halides is 1. The molecule has 1 aromatic rings. The summed E-state index contributed by atoms with van der Waals surface area (Å²) in [6.45, 7) is 0. The van der Waals surface area contributed by atoms with E-state index in [1.165, 1.54) is 24.8 Å². The van der Waals surface area contributed by atoms with E-state index in [9.17, 15) is 0 Å². The zero-order valence-electron chi connectivity index (χ0n) is 9.83. The number of hydrogen-bond donors (Lipinski definition) is 0. The van der Waals surface area contributed by atoms with Crippen LogP contribution in [-0.4, -0.2) is 7.11 Å². The van der Waals surface area contributed by atoms with Gasteiger partial charge >= 0.3 is 0 Å². The molecule has 2 aliphatic rings. The Labute approximate surface area is 116 Å². The molecule has 0 saturated heterocycles. The third-order valence-electron chi connectivity index (χ3n) is 4.30. The summed E-state index contributed by atoms with van der Waals surface area (Å²) in [6.07, 6.45) is 4.17. The second kappa shape index (κ2) is 4.47. The van der Waals surface area contributed by atoms with E-state index in [0.717, 1.165) is 22.1 Å². The van der Waals surface area contributed by atoms with Crippen LogP contribution in [0.25, 0.3) is 0 Å². The van der Waals surface area contributed by atoms with Gasteiger partial charge in [0.25, 0.3) is 0 Å². The fraction of sp³-hybridized carbons (Fsp3) is 0.571. The Bertz CT molecular complexity index is 424. The molecular formula is C14H16BrClO. The van der Waals surface area contributed by atoms with Crippen molar-refractivity contribution in [1.29, 1.82) is 0 Å². The van der Waals surface area contributed by atoms with Crippen molar-refractivity contribution < 1.29 is 4.74 Å². The molecule has 0 amide bonds. The molecule has 92 valence electrons. The molecule has 17 heavy (non-hydrogen) atoms. The van der Waals surface area contributed by atoms with Crippen molar-refractivity contribution in [2.75, 3.05) is 7.11 Å². The minimum atomic E-state index is 0.174. The molecule has 3 atom stereocenters. The standard InChI is InChI=1S/C14H16BrClO/c1-17-12-6-5-8(7-11(12)15)14(16)13-9-3-2-4-10(9)13/h5-7,9-10,13-14H,2-4H2,1H3. The summed E-state index contributed by atoms with van der Waals surface area (Å²) in [6, 6.07) is 6.19. The monoisotopic (exact) mass is 314 g/mol. The lowest BCUT2D eigenvalue weighted by Gasteiger charge is -2.13. The Balaban J connectivity index is 1.78. The lowest BCUT2D eigenvalue weighted by Crippen LogP contribution is -1.99. The maximum Gasteiger partial charge on any atom is 0.133 e. The lowest BCUT2D eigenvalue weighted by molar-refractivity contribution is 0.412. The van der Waals surface area contributed by atoms with E-state index in [-0.39, 0.29) is 5.38 Å². The molecule has 0 aliphatic heterocycles. The second-order valence-corrected chi connectivity index (χ2v) is 6.46. The average Bonchev–Trinajstić information content (AvgIpc) is 2.81. The van der Waals surface area contributed by atoms with E-state index in [2.05, 4.69) is 28.1 Å². The van der Waals surface area contributed by atoms with Gasteiger partial charge in [-0.3, -0.25) is 0 Å². The van der Waals surface area contributed by atoms with Crippen LogP contribution in [0.4, 0.5) is 0 Å². The van der Waals surface area contributed by atoms with Crippen LogP contribution < -0.4 is 4.74 Å². The van der Waals surface area contributed by atoms with Gasteiger partial charge < -0.3 is 4.74 Å². The summed E-state index contributed by atoms with van der Waals surface area (Å²) in [5.74, 6) is 3.39. The van der Waals surface area contributed by atoms with Crippen molar-refractivity contribution >= 4 is 27.5 Å². The molecule has 3 heteroatoms. The van der Waals surface area contributed by atoms with Crippen molar-refractivity contribution in [3.8, 4) is 5.75 Å². The quantitative estimate of drug-likeness (QED) is 0.729. The van der Waals surface area contributed by atoms with E-state index in [4.69, 9.17) is 16.3 Å². The fourth-order valence-electron chi connectivity index (χ4n) is 3.39. The Hall–Kier alpha value is -0.210. The highest BCUT2D eigenvalue weighted by molar-refractivity contribution is 9.10. The molecule has 0 heterocycles. The van der Waals surface area contributed by atoms with Crippen molar-refractivity contribution in [3.05, 3.63) is 28.2 Å². The first-order valence-electron chi connectivity index (χ1n) is 6.20. The molecule has 2 fully saturated rings. The molecule has 1 aromatic carbocycles. The largest absolute Gasteiger partial charge is 0.496 e. The SMILES string of the molecule is COc1ccc(C(Cl)C2C3CCCC32)cc1Br. The lowest BCUT2D eigenvalue weighted by atomic mass is 10.0. The molecule has 3 rings (SSSR count). The van der Waals surface area contributed by atoms with Gasteiger partial charge in [0.15, 0.2) is 0 Å². The minimum Gasteiger partial charge on any atom is -0.496 e. The van der Waals surface area contributed by atoms with Gasteiger partial charge in [0.1, 0.15) is 5.75 Å². The van der Waals surface area contributed by atoms with Crippen molar-refractivity contribution in [1.82, 2.24) is 0 Å². The molecule has 2 saturated carbocycles. The van der Waals surface area contributed by atoms with Gasteiger partial charge in [0.05, 0.1) is 17.0 Å². The predicted octanol–water partition coefficient (Wildman–Crippen LogP) is 4.78. The van der Waals surface area contributed by atoms with Crippen LogP contribution in [0.3, 0.4) is 0 Å². The first-order chi connectivity index (χ1) is 8.22. The van der Waals surface area contributed by atoms with Gasteiger partial charge in [0.2, 0.25) is 0 Å². The molecule has 0 radical (unpaired) electrons. The number of hydrogen-bond acceptors (Lipinski definition) is 1. The van der Waals surface area contributed by atoms with Gasteiger partial charge in [-0.05, 0) is 64.2 Å². The van der Waals surface area contributed by atoms with Gasteiger partial charge in [-0.1, -0.05) is 12.5 Å². The number of ether oxygens (including phenoxy) is 1. The van der Waals surface area contributed by atoms with Crippen LogP contribution in [0, 0.1) is 17.8 Å². The summed E-state index contributed by atoms with van der Waals surface area (Å²) in [7, 11) is 1.68. The highest BCUT2D eigenvalue weighted by Crippen LogP contribution is 2.63. The molecule has 0 aromatic heterocycles. The molecule has 0 bridgehead atoms. The highest BCUT2D eigenvalue weighted by atomic mass is 79.9. The number of fused-ring (bicyclic) bond motifs is 1. The molecule has 3 unspecified atom stereocenters. The Kier molecular flexibility index (Phi) is 3.12. The zero-order valence-corrected chi connectivity index (χ0v) is 12.2. The van der Waals surface area contributed by atoms with Crippen LogP contribution in [-0.2, 0) is 0 Å². The van der Waals surface area contributed by atoms with Crippen molar-refractivity contribution in [2.24, 2.45) is 17.8 Å². The Morgan fingerprint density at radius 3 is 2.65 bits per heavy atom. The van der Waals surface area contributed by atoms with E-state index >= 15 is 0 Å². The minimum absolute atomic E-state index is 0.174. The van der Waals surface area contributed by atoms with Crippen LogP contribution in [0.5, 0.6) is 5.75 Å². The molecular weight excluding hydrogens is 300 g/mol. The fourth-order valence-corrected chi connectivity index (χ4v) is 4.46. The van der Waals surface area contributed by atoms with Crippen molar-refractivity contribution in [2.45, 2.75) is 24.6 Å². The van der Waals surface area contributed by atoms with E-state index < -0.39 is 0 Å². The summed E-state index contributed by atoms with van der Waals surface area (Å²) in [5, 5.41) is 0.174. The third-order valence-corrected chi connectivity index (χ3v) is 5.47. The second-order valence-electron chi connectivity index (χ2n) is 5.13. The van der Waals surface area contributed by atoms with Crippen LogP contribution in [0.15, 0.2) is 22.7 Å². The van der Waals surface area contributed by atoms with E-state index in [1.54, 1.807) is 7.11 Å². The maximum absolute atomic E-state index is 6.61. The zero-order chi connectivity index (χ0) is 12.0. The summed E-state index contributed by atoms with van der Waals surface area (Å²) in [5.41, 5.74) is 1.22. The topological polar surface area (TPSA) is 9.23 Å². The Morgan fingerprint density at radius 1 is 1.35 bits per heavy atom. The molecule has 1 nitrogen and oxygen atoms in total. The number of halogens is 2. The van der Waals surface area contributed by atoms with Gasteiger partial charge in [-0.2, -0.15) is 0 Å². The van der Waals surface area contributed by atoms with Crippen LogP contribution in [0.1, 0.15) is 30.2 Å². The first kappa shape index (κ1) is 11.9. The summed E-state index contributed by atoms with van der Waals surface area (Å²) < 4.78 is 6.23. The number of benzene rings is 1. The average molecular weight is 316 g/mol. The Morgan fingerprint density at radius 2 is 2.06 bits per heavy atom. The van der Waals surface area contributed by atoms with Gasteiger partial charge in [0, 0.05) is 0 Å². The molecule has 0 N–H and O–H groups in total. The van der Waals surface area contributed by atoms with E-state index in [1.807, 2.05) is 6.07 Å². The number of rotatable bonds is 3. The highest BCUT2D eigenvalue weighted by Gasteiger charge is 2.55. The van der Waals surface area contributed by atoms with Crippen LogP contribution in [0.2, 0.25) is 0 Å².